The van der Waals surface area contributed by atoms with E-state index >= 15 is 0 Å². The monoisotopic (exact) mass is 387 g/mol. The van der Waals surface area contributed by atoms with Gasteiger partial charge in [-0.25, -0.2) is 4.79 Å². The minimum atomic E-state index is -0.536. The standard InChI is InChI=1S/C22H29NO5/c1-14(2)28-19-9-7-18(8-10-19)22(25)27-13-21(24)20-11-15(3)23(17(20)5)16(4)12-26-6/h7-11,14,16H,12-13H2,1-6H3/t16-/m0/s1. The predicted molar refractivity (Wildman–Crippen MR) is 107 cm³/mol. The summed E-state index contributed by atoms with van der Waals surface area (Å²) in [6.45, 7) is 9.98. The lowest BCUT2D eigenvalue weighted by atomic mass is 10.1. The Morgan fingerprint density at radius 2 is 1.71 bits per heavy atom. The van der Waals surface area contributed by atoms with Crippen LogP contribution in [0.1, 0.15) is 58.9 Å². The van der Waals surface area contributed by atoms with Crippen molar-refractivity contribution < 1.29 is 23.8 Å². The Morgan fingerprint density at radius 1 is 1.07 bits per heavy atom. The molecular weight excluding hydrogens is 358 g/mol. The van der Waals surface area contributed by atoms with E-state index in [0.29, 0.717) is 23.5 Å². The normalized spacial score (nSPS) is 12.1. The van der Waals surface area contributed by atoms with Gasteiger partial charge in [0.15, 0.2) is 6.61 Å². The Kier molecular flexibility index (Phi) is 7.40. The lowest BCUT2D eigenvalue weighted by molar-refractivity contribution is 0.0474. The average Bonchev–Trinajstić information content (AvgIpc) is 2.94. The molecule has 6 heteroatoms. The third-order valence-electron chi connectivity index (χ3n) is 4.43. The smallest absolute Gasteiger partial charge is 0.338 e. The van der Waals surface area contributed by atoms with Crippen molar-refractivity contribution in [3.8, 4) is 5.75 Å². The largest absolute Gasteiger partial charge is 0.491 e. The minimum Gasteiger partial charge on any atom is -0.491 e. The van der Waals surface area contributed by atoms with Crippen LogP contribution in [-0.4, -0.2) is 42.7 Å². The van der Waals surface area contributed by atoms with Gasteiger partial charge in [0, 0.05) is 24.1 Å². The van der Waals surface area contributed by atoms with Gasteiger partial charge in [0.05, 0.1) is 24.3 Å². The number of ketones is 1. The maximum Gasteiger partial charge on any atom is 0.338 e. The number of ether oxygens (including phenoxy) is 3. The zero-order valence-corrected chi connectivity index (χ0v) is 17.4. The summed E-state index contributed by atoms with van der Waals surface area (Å²) in [4.78, 5) is 24.8. The summed E-state index contributed by atoms with van der Waals surface area (Å²) in [5.41, 5.74) is 2.76. The molecule has 0 bridgehead atoms. The second kappa shape index (κ2) is 9.55. The van der Waals surface area contributed by atoms with Crippen LogP contribution in [0.3, 0.4) is 0 Å². The van der Waals surface area contributed by atoms with E-state index in [-0.39, 0.29) is 24.5 Å². The van der Waals surface area contributed by atoms with Crippen molar-refractivity contribution in [3.05, 3.63) is 52.8 Å². The molecule has 1 heterocycles. The van der Waals surface area contributed by atoms with Crippen molar-refractivity contribution in [2.75, 3.05) is 20.3 Å². The molecule has 0 N–H and O–H groups in total. The number of aromatic nitrogens is 1. The van der Waals surface area contributed by atoms with Gasteiger partial charge in [-0.05, 0) is 65.0 Å². The van der Waals surface area contributed by atoms with Gasteiger partial charge in [0.1, 0.15) is 5.75 Å². The Balaban J connectivity index is 2.02. The summed E-state index contributed by atoms with van der Waals surface area (Å²) in [5.74, 6) is -0.0803. The number of rotatable bonds is 9. The van der Waals surface area contributed by atoms with E-state index in [9.17, 15) is 9.59 Å². The van der Waals surface area contributed by atoms with E-state index in [2.05, 4.69) is 4.57 Å². The molecule has 0 unspecified atom stereocenters. The van der Waals surface area contributed by atoms with Gasteiger partial charge in [0.2, 0.25) is 5.78 Å². The van der Waals surface area contributed by atoms with Crippen molar-refractivity contribution in [1.82, 2.24) is 4.57 Å². The van der Waals surface area contributed by atoms with Crippen LogP contribution < -0.4 is 4.74 Å². The average molecular weight is 387 g/mol. The summed E-state index contributed by atoms with van der Waals surface area (Å²) in [5, 5.41) is 0. The van der Waals surface area contributed by atoms with Gasteiger partial charge in [-0.2, -0.15) is 0 Å². The molecular formula is C22H29NO5. The zero-order chi connectivity index (χ0) is 20.8. The summed E-state index contributed by atoms with van der Waals surface area (Å²) < 4.78 is 18.0. The number of carbonyl (C=O) groups is 2. The number of hydrogen-bond acceptors (Lipinski definition) is 5. The topological polar surface area (TPSA) is 66.8 Å². The third-order valence-corrected chi connectivity index (χ3v) is 4.43. The van der Waals surface area contributed by atoms with Crippen LogP contribution in [0.5, 0.6) is 5.75 Å². The first-order chi connectivity index (χ1) is 13.2. The van der Waals surface area contributed by atoms with Gasteiger partial charge < -0.3 is 18.8 Å². The molecule has 1 atom stereocenters. The molecule has 28 heavy (non-hydrogen) atoms. The van der Waals surface area contributed by atoms with Crippen LogP contribution in [0.2, 0.25) is 0 Å². The molecule has 6 nitrogen and oxygen atoms in total. The number of esters is 1. The molecule has 1 aromatic heterocycles. The van der Waals surface area contributed by atoms with Crippen molar-refractivity contribution in [2.24, 2.45) is 0 Å². The van der Waals surface area contributed by atoms with Gasteiger partial charge in [0.25, 0.3) is 0 Å². The molecule has 2 rings (SSSR count). The maximum absolute atomic E-state index is 12.6. The molecule has 0 spiro atoms. The molecule has 0 saturated heterocycles. The fraction of sp³-hybridized carbons (Fsp3) is 0.455. The fourth-order valence-electron chi connectivity index (χ4n) is 3.29. The van der Waals surface area contributed by atoms with Crippen LogP contribution in [0.25, 0.3) is 0 Å². The molecule has 0 fully saturated rings. The van der Waals surface area contributed by atoms with Crippen LogP contribution in [0.4, 0.5) is 0 Å². The van der Waals surface area contributed by atoms with Gasteiger partial charge in [-0.15, -0.1) is 0 Å². The Labute approximate surface area is 166 Å². The molecule has 2 aromatic rings. The molecule has 0 aliphatic carbocycles. The first-order valence-corrected chi connectivity index (χ1v) is 9.39. The lowest BCUT2D eigenvalue weighted by Crippen LogP contribution is -2.17. The fourth-order valence-corrected chi connectivity index (χ4v) is 3.29. The van der Waals surface area contributed by atoms with Gasteiger partial charge >= 0.3 is 5.97 Å². The molecule has 0 saturated carbocycles. The molecule has 0 amide bonds. The van der Waals surface area contributed by atoms with Crippen molar-refractivity contribution in [2.45, 2.75) is 46.8 Å². The minimum absolute atomic E-state index is 0.0565. The molecule has 0 aliphatic rings. The number of aryl methyl sites for hydroxylation is 1. The molecule has 0 radical (unpaired) electrons. The highest BCUT2D eigenvalue weighted by Crippen LogP contribution is 2.21. The van der Waals surface area contributed by atoms with Gasteiger partial charge in [-0.3, -0.25) is 4.79 Å². The summed E-state index contributed by atoms with van der Waals surface area (Å²) in [6.07, 6.45) is 0.0565. The molecule has 152 valence electrons. The van der Waals surface area contributed by atoms with E-state index in [1.165, 1.54) is 0 Å². The zero-order valence-electron chi connectivity index (χ0n) is 17.4. The first kappa shape index (κ1) is 21.7. The van der Waals surface area contributed by atoms with Gasteiger partial charge in [-0.1, -0.05) is 0 Å². The van der Waals surface area contributed by atoms with Crippen LogP contribution in [0, 0.1) is 13.8 Å². The van der Waals surface area contributed by atoms with E-state index in [4.69, 9.17) is 14.2 Å². The van der Waals surface area contributed by atoms with Crippen molar-refractivity contribution in [3.63, 3.8) is 0 Å². The highest BCUT2D eigenvalue weighted by Gasteiger charge is 2.20. The number of hydrogen-bond donors (Lipinski definition) is 0. The van der Waals surface area contributed by atoms with Crippen LogP contribution in [-0.2, 0) is 9.47 Å². The van der Waals surface area contributed by atoms with Crippen LogP contribution in [0.15, 0.2) is 30.3 Å². The number of nitrogens with zero attached hydrogens (tertiary/aromatic N) is 1. The van der Waals surface area contributed by atoms with Crippen molar-refractivity contribution in [1.29, 1.82) is 0 Å². The second-order valence-electron chi connectivity index (χ2n) is 7.15. The lowest BCUT2D eigenvalue weighted by Gasteiger charge is -2.17. The summed E-state index contributed by atoms with van der Waals surface area (Å²) >= 11 is 0. The quantitative estimate of drug-likeness (QED) is 0.478. The number of Topliss-reactive ketones (excluding diaryl/α,β-unsaturated/α-hetero) is 1. The Morgan fingerprint density at radius 3 is 2.29 bits per heavy atom. The van der Waals surface area contributed by atoms with E-state index in [1.54, 1.807) is 31.4 Å². The molecule has 1 aromatic carbocycles. The van der Waals surface area contributed by atoms with Crippen LogP contribution >= 0.6 is 0 Å². The second-order valence-corrected chi connectivity index (χ2v) is 7.15. The number of benzene rings is 1. The Bertz CT molecular complexity index is 820. The number of carbonyl (C=O) groups excluding carboxylic acids is 2. The maximum atomic E-state index is 12.6. The number of methoxy groups -OCH3 is 1. The highest BCUT2D eigenvalue weighted by molar-refractivity contribution is 6.00. The van der Waals surface area contributed by atoms with E-state index in [0.717, 1.165) is 11.4 Å². The van der Waals surface area contributed by atoms with E-state index < -0.39 is 5.97 Å². The highest BCUT2D eigenvalue weighted by atomic mass is 16.5. The third kappa shape index (κ3) is 5.23. The first-order valence-electron chi connectivity index (χ1n) is 9.39. The summed E-state index contributed by atoms with van der Waals surface area (Å²) in [7, 11) is 1.65. The summed E-state index contributed by atoms with van der Waals surface area (Å²) in [6, 6.07) is 8.62. The molecule has 0 aliphatic heterocycles. The van der Waals surface area contributed by atoms with Crippen molar-refractivity contribution >= 4 is 11.8 Å². The predicted octanol–water partition coefficient (Wildman–Crippen LogP) is 4.14. The van der Waals surface area contributed by atoms with E-state index in [1.807, 2.05) is 40.7 Å². The SMILES string of the molecule is COC[C@H](C)n1c(C)cc(C(=O)COC(=O)c2ccc(OC(C)C)cc2)c1C. The Hall–Kier alpha value is -2.60.